The third-order valence-electron chi connectivity index (χ3n) is 5.26. The second-order valence-electron chi connectivity index (χ2n) is 7.33. The highest BCUT2D eigenvalue weighted by molar-refractivity contribution is 5.27. The average molecular weight is 330 g/mol. The third kappa shape index (κ3) is 3.13. The van der Waals surface area contributed by atoms with E-state index in [0.717, 1.165) is 50.2 Å². The highest BCUT2D eigenvalue weighted by Gasteiger charge is 2.30. The number of hydrogen-bond acceptors (Lipinski definition) is 5. The van der Waals surface area contributed by atoms with Crippen molar-refractivity contribution in [1.29, 1.82) is 0 Å². The van der Waals surface area contributed by atoms with Crippen LogP contribution in [0, 0.1) is 19.8 Å². The van der Waals surface area contributed by atoms with Gasteiger partial charge in [0.05, 0.1) is 18.5 Å². The van der Waals surface area contributed by atoms with E-state index < -0.39 is 0 Å². The molecular weight excluding hydrogens is 304 g/mol. The Bertz CT molecular complexity index is 697. The minimum Gasteiger partial charge on any atom is -0.380 e. The summed E-state index contributed by atoms with van der Waals surface area (Å²) in [6, 6.07) is 0. The van der Waals surface area contributed by atoms with Gasteiger partial charge in [0, 0.05) is 56.0 Å². The zero-order valence-electron chi connectivity index (χ0n) is 14.8. The van der Waals surface area contributed by atoms with Crippen molar-refractivity contribution in [1.82, 2.24) is 19.8 Å². The Morgan fingerprint density at radius 2 is 2.12 bits per heavy atom. The molecule has 6 nitrogen and oxygen atoms in total. The molecular formula is C18H26N4O2. The van der Waals surface area contributed by atoms with Crippen LogP contribution in [0.3, 0.4) is 0 Å². The summed E-state index contributed by atoms with van der Waals surface area (Å²) >= 11 is 0. The highest BCUT2D eigenvalue weighted by atomic mass is 16.5. The van der Waals surface area contributed by atoms with Crippen molar-refractivity contribution in [2.75, 3.05) is 19.8 Å². The van der Waals surface area contributed by atoms with E-state index in [1.165, 1.54) is 29.7 Å². The third-order valence-corrected chi connectivity index (χ3v) is 5.26. The number of aromatic nitrogens is 3. The standard InChI is InChI=1S/C18H26N4O2/c1-12-17(13(2)24-20-12)9-22-7-15-6-19-21(3)18(15)16(8-22)11-23-10-14-4-5-14/h6,14,16H,4-5,7-11H2,1-3H3. The Morgan fingerprint density at radius 3 is 2.83 bits per heavy atom. The van der Waals surface area contributed by atoms with Gasteiger partial charge in [0.2, 0.25) is 0 Å². The molecule has 1 aliphatic heterocycles. The fraction of sp³-hybridized carbons (Fsp3) is 0.667. The van der Waals surface area contributed by atoms with Crippen LogP contribution in [0.5, 0.6) is 0 Å². The Hall–Kier alpha value is -1.66. The average Bonchev–Trinajstić information content (AvgIpc) is 3.24. The van der Waals surface area contributed by atoms with E-state index >= 15 is 0 Å². The van der Waals surface area contributed by atoms with Crippen LogP contribution in [0.15, 0.2) is 10.7 Å². The van der Waals surface area contributed by atoms with Crippen LogP contribution in [0.25, 0.3) is 0 Å². The fourth-order valence-corrected chi connectivity index (χ4v) is 3.71. The Labute approximate surface area is 142 Å². The number of nitrogens with zero attached hydrogens (tertiary/aromatic N) is 4. The molecule has 0 spiro atoms. The van der Waals surface area contributed by atoms with Gasteiger partial charge >= 0.3 is 0 Å². The van der Waals surface area contributed by atoms with Crippen LogP contribution in [-0.4, -0.2) is 39.6 Å². The molecule has 1 aliphatic carbocycles. The predicted molar refractivity (Wildman–Crippen MR) is 89.6 cm³/mol. The van der Waals surface area contributed by atoms with Gasteiger partial charge in [0.15, 0.2) is 0 Å². The quantitative estimate of drug-likeness (QED) is 0.815. The lowest BCUT2D eigenvalue weighted by atomic mass is 9.96. The molecule has 0 saturated heterocycles. The molecule has 1 unspecified atom stereocenters. The topological polar surface area (TPSA) is 56.3 Å². The van der Waals surface area contributed by atoms with Gasteiger partial charge in [-0.15, -0.1) is 0 Å². The molecule has 1 saturated carbocycles. The van der Waals surface area contributed by atoms with Crippen LogP contribution >= 0.6 is 0 Å². The zero-order valence-corrected chi connectivity index (χ0v) is 14.8. The molecule has 3 heterocycles. The maximum Gasteiger partial charge on any atom is 0.138 e. The second-order valence-corrected chi connectivity index (χ2v) is 7.33. The Morgan fingerprint density at radius 1 is 1.29 bits per heavy atom. The first-order valence-corrected chi connectivity index (χ1v) is 8.84. The van der Waals surface area contributed by atoms with Crippen molar-refractivity contribution in [2.24, 2.45) is 13.0 Å². The Kier molecular flexibility index (Phi) is 4.18. The van der Waals surface area contributed by atoms with Crippen LogP contribution < -0.4 is 0 Å². The van der Waals surface area contributed by atoms with Crippen molar-refractivity contribution in [3.05, 3.63) is 34.5 Å². The first-order valence-electron chi connectivity index (χ1n) is 8.84. The van der Waals surface area contributed by atoms with E-state index in [0.29, 0.717) is 5.92 Å². The molecule has 24 heavy (non-hydrogen) atoms. The molecule has 2 aliphatic rings. The van der Waals surface area contributed by atoms with E-state index in [1.54, 1.807) is 0 Å². The van der Waals surface area contributed by atoms with Crippen molar-refractivity contribution in [2.45, 2.75) is 45.7 Å². The summed E-state index contributed by atoms with van der Waals surface area (Å²) in [7, 11) is 2.04. The smallest absolute Gasteiger partial charge is 0.138 e. The summed E-state index contributed by atoms with van der Waals surface area (Å²) in [4.78, 5) is 2.46. The summed E-state index contributed by atoms with van der Waals surface area (Å²) in [5.74, 6) is 2.10. The number of hydrogen-bond donors (Lipinski definition) is 0. The maximum absolute atomic E-state index is 6.01. The van der Waals surface area contributed by atoms with Crippen LogP contribution in [-0.2, 0) is 24.9 Å². The van der Waals surface area contributed by atoms with Gasteiger partial charge in [-0.2, -0.15) is 5.10 Å². The summed E-state index contributed by atoms with van der Waals surface area (Å²) < 4.78 is 13.3. The minimum absolute atomic E-state index is 0.375. The number of aryl methyl sites for hydroxylation is 3. The lowest BCUT2D eigenvalue weighted by Gasteiger charge is -2.33. The van der Waals surface area contributed by atoms with Crippen molar-refractivity contribution in [3.8, 4) is 0 Å². The van der Waals surface area contributed by atoms with Gasteiger partial charge in [-0.1, -0.05) is 5.16 Å². The molecule has 1 fully saturated rings. The summed E-state index contributed by atoms with van der Waals surface area (Å²) in [6.45, 7) is 8.48. The SMILES string of the molecule is Cc1noc(C)c1CN1Cc2cnn(C)c2C(COCC2CC2)C1. The van der Waals surface area contributed by atoms with Crippen molar-refractivity contribution in [3.63, 3.8) is 0 Å². The molecule has 0 N–H and O–H groups in total. The molecule has 4 rings (SSSR count). The second kappa shape index (κ2) is 6.33. The number of rotatable bonds is 6. The van der Waals surface area contributed by atoms with Crippen LogP contribution in [0.4, 0.5) is 0 Å². The zero-order chi connectivity index (χ0) is 16.7. The van der Waals surface area contributed by atoms with Crippen molar-refractivity contribution < 1.29 is 9.26 Å². The maximum atomic E-state index is 6.01. The molecule has 0 amide bonds. The largest absolute Gasteiger partial charge is 0.380 e. The molecule has 0 bridgehead atoms. The summed E-state index contributed by atoms with van der Waals surface area (Å²) in [5, 5.41) is 8.56. The van der Waals surface area contributed by atoms with E-state index in [4.69, 9.17) is 9.26 Å². The molecule has 0 radical (unpaired) electrons. The van der Waals surface area contributed by atoms with E-state index in [2.05, 4.69) is 15.2 Å². The first-order chi connectivity index (χ1) is 11.6. The molecule has 2 aromatic rings. The van der Waals surface area contributed by atoms with Gasteiger partial charge in [0.1, 0.15) is 5.76 Å². The molecule has 130 valence electrons. The first kappa shape index (κ1) is 15.8. The number of fused-ring (bicyclic) bond motifs is 1. The lowest BCUT2D eigenvalue weighted by molar-refractivity contribution is 0.0868. The fourth-order valence-electron chi connectivity index (χ4n) is 3.71. The number of ether oxygens (including phenoxy) is 1. The lowest BCUT2D eigenvalue weighted by Crippen LogP contribution is -2.36. The van der Waals surface area contributed by atoms with E-state index in [-0.39, 0.29) is 0 Å². The van der Waals surface area contributed by atoms with Crippen molar-refractivity contribution >= 4 is 0 Å². The monoisotopic (exact) mass is 330 g/mol. The predicted octanol–water partition coefficient (Wildman–Crippen LogP) is 2.55. The van der Waals surface area contributed by atoms with E-state index in [1.807, 2.05) is 31.8 Å². The van der Waals surface area contributed by atoms with Gasteiger partial charge < -0.3 is 9.26 Å². The Balaban J connectivity index is 1.49. The van der Waals surface area contributed by atoms with Gasteiger partial charge in [-0.05, 0) is 32.6 Å². The van der Waals surface area contributed by atoms with E-state index in [9.17, 15) is 0 Å². The highest BCUT2D eigenvalue weighted by Crippen LogP contribution is 2.32. The van der Waals surface area contributed by atoms with Crippen LogP contribution in [0.2, 0.25) is 0 Å². The van der Waals surface area contributed by atoms with Gasteiger partial charge in [-0.3, -0.25) is 9.58 Å². The minimum atomic E-state index is 0.375. The summed E-state index contributed by atoms with van der Waals surface area (Å²) in [6.07, 6.45) is 4.67. The normalized spacial score (nSPS) is 21.2. The molecule has 6 heteroatoms. The van der Waals surface area contributed by atoms with Gasteiger partial charge in [0.25, 0.3) is 0 Å². The van der Waals surface area contributed by atoms with Gasteiger partial charge in [-0.25, -0.2) is 0 Å². The molecule has 2 aromatic heterocycles. The summed E-state index contributed by atoms with van der Waals surface area (Å²) in [5.41, 5.74) is 4.85. The molecule has 0 aromatic carbocycles. The molecule has 1 atom stereocenters. The van der Waals surface area contributed by atoms with Crippen LogP contribution in [0.1, 0.15) is 47.0 Å².